The van der Waals surface area contributed by atoms with Crippen molar-refractivity contribution >= 4 is 40.9 Å². The highest BCUT2D eigenvalue weighted by Crippen LogP contribution is 2.37. The summed E-state index contributed by atoms with van der Waals surface area (Å²) < 4.78 is 7.80. The zero-order valence-electron chi connectivity index (χ0n) is 22.8. The number of para-hydroxylation sites is 1. The van der Waals surface area contributed by atoms with Crippen LogP contribution in [0.15, 0.2) is 126 Å². The lowest BCUT2D eigenvalue weighted by molar-refractivity contribution is -0.113. The molecule has 7 nitrogen and oxygen atoms in total. The molecule has 1 amide bonds. The molecule has 0 fully saturated rings. The first-order chi connectivity index (χ1) is 20.5. The third kappa shape index (κ3) is 6.20. The molecular weight excluding hydrogens is 566 g/mol. The molecule has 210 valence electrons. The summed E-state index contributed by atoms with van der Waals surface area (Å²) in [5, 5.41) is 12.5. The predicted octanol–water partition coefficient (Wildman–Crippen LogP) is 7.73. The van der Waals surface area contributed by atoms with Gasteiger partial charge < -0.3 is 15.4 Å². The predicted molar refractivity (Wildman–Crippen MR) is 168 cm³/mol. The van der Waals surface area contributed by atoms with Gasteiger partial charge in [-0.15, -0.1) is 5.10 Å². The number of carbonyl (C=O) groups is 1. The molecule has 1 unspecified atom stereocenters. The number of carbonyl (C=O) groups excluding carboxylic acids is 1. The Kier molecular flexibility index (Phi) is 8.26. The monoisotopic (exact) mass is 593 g/mol. The molecular formula is C33H28ClN5O2S. The Morgan fingerprint density at radius 2 is 1.64 bits per heavy atom. The number of fused-ring (bicyclic) bond motifs is 1. The second kappa shape index (κ2) is 12.5. The first-order valence-corrected chi connectivity index (χ1v) is 14.8. The van der Waals surface area contributed by atoms with E-state index in [4.69, 9.17) is 26.4 Å². The van der Waals surface area contributed by atoms with Gasteiger partial charge in [0, 0.05) is 27.7 Å². The maximum Gasteiger partial charge on any atom is 0.255 e. The van der Waals surface area contributed by atoms with Crippen LogP contribution in [-0.2, 0) is 17.2 Å². The molecule has 1 aliphatic heterocycles. The van der Waals surface area contributed by atoms with Gasteiger partial charge >= 0.3 is 0 Å². The Hall–Kier alpha value is -4.53. The van der Waals surface area contributed by atoms with Gasteiger partial charge in [-0.25, -0.2) is 4.68 Å². The average molecular weight is 594 g/mol. The molecule has 1 aliphatic rings. The molecule has 1 atom stereocenters. The number of allylic oxidation sites excluding steroid dienone is 1. The Balaban J connectivity index is 1.29. The van der Waals surface area contributed by atoms with Crippen molar-refractivity contribution in [3.05, 3.63) is 142 Å². The maximum atomic E-state index is 13.7. The van der Waals surface area contributed by atoms with Crippen LogP contribution < -0.4 is 15.4 Å². The van der Waals surface area contributed by atoms with Gasteiger partial charge in [-0.05, 0) is 48.4 Å². The van der Waals surface area contributed by atoms with Gasteiger partial charge in [0.15, 0.2) is 0 Å². The topological polar surface area (TPSA) is 81.1 Å². The molecule has 6 rings (SSSR count). The number of aromatic nitrogens is 3. The Bertz CT molecular complexity index is 1720. The first-order valence-electron chi connectivity index (χ1n) is 13.5. The second-order valence-corrected chi connectivity index (χ2v) is 11.1. The quantitative estimate of drug-likeness (QED) is 0.170. The number of nitrogens with one attached hydrogen (secondary N) is 2. The number of ether oxygens (including phenoxy) is 1. The highest BCUT2D eigenvalue weighted by atomic mass is 35.5. The molecule has 2 N–H and O–H groups in total. The lowest BCUT2D eigenvalue weighted by atomic mass is 9.95. The molecule has 0 radical (unpaired) electrons. The van der Waals surface area contributed by atoms with E-state index in [2.05, 4.69) is 22.8 Å². The van der Waals surface area contributed by atoms with Crippen LogP contribution >= 0.6 is 23.4 Å². The molecule has 0 spiro atoms. The molecule has 0 saturated carbocycles. The summed E-state index contributed by atoms with van der Waals surface area (Å²) in [5.41, 5.74) is 4.96. The molecule has 5 aromatic rings. The molecule has 0 bridgehead atoms. The largest absolute Gasteiger partial charge is 0.489 e. The Labute approximate surface area is 253 Å². The van der Waals surface area contributed by atoms with Crippen molar-refractivity contribution in [2.24, 2.45) is 0 Å². The Morgan fingerprint density at radius 3 is 2.38 bits per heavy atom. The Morgan fingerprint density at radius 1 is 0.952 bits per heavy atom. The van der Waals surface area contributed by atoms with Crippen LogP contribution in [-0.4, -0.2) is 20.7 Å². The van der Waals surface area contributed by atoms with Gasteiger partial charge in [-0.3, -0.25) is 4.79 Å². The minimum Gasteiger partial charge on any atom is -0.489 e. The van der Waals surface area contributed by atoms with Crippen molar-refractivity contribution in [3.63, 3.8) is 0 Å². The van der Waals surface area contributed by atoms with Crippen LogP contribution in [0.2, 0.25) is 5.02 Å². The van der Waals surface area contributed by atoms with Crippen molar-refractivity contribution < 1.29 is 9.53 Å². The van der Waals surface area contributed by atoms with E-state index in [-0.39, 0.29) is 5.91 Å². The summed E-state index contributed by atoms with van der Waals surface area (Å²) in [4.78, 5) is 18.5. The molecule has 0 aliphatic carbocycles. The average Bonchev–Trinajstić information content (AvgIpc) is 3.42. The number of thioether (sulfide) groups is 1. The van der Waals surface area contributed by atoms with Crippen molar-refractivity contribution in [3.8, 4) is 5.75 Å². The molecule has 9 heteroatoms. The van der Waals surface area contributed by atoms with Gasteiger partial charge in [0.1, 0.15) is 18.4 Å². The molecule has 2 heterocycles. The van der Waals surface area contributed by atoms with Crippen LogP contribution in [0, 0.1) is 0 Å². The van der Waals surface area contributed by atoms with Gasteiger partial charge in [0.2, 0.25) is 11.1 Å². The maximum absolute atomic E-state index is 13.7. The fourth-order valence-electron chi connectivity index (χ4n) is 4.76. The van der Waals surface area contributed by atoms with Gasteiger partial charge in [0.25, 0.3) is 5.91 Å². The summed E-state index contributed by atoms with van der Waals surface area (Å²) in [7, 11) is 0. The summed E-state index contributed by atoms with van der Waals surface area (Å²) in [6.07, 6.45) is 0. The zero-order chi connectivity index (χ0) is 28.9. The van der Waals surface area contributed by atoms with Crippen LogP contribution in [0.25, 0.3) is 0 Å². The number of halogens is 1. The van der Waals surface area contributed by atoms with Crippen LogP contribution in [0.5, 0.6) is 5.75 Å². The summed E-state index contributed by atoms with van der Waals surface area (Å²) in [6, 6.07) is 34.5. The van der Waals surface area contributed by atoms with Gasteiger partial charge in [-0.1, -0.05) is 102 Å². The highest BCUT2D eigenvalue weighted by Gasteiger charge is 2.34. The summed E-state index contributed by atoms with van der Waals surface area (Å²) in [6.45, 7) is 2.24. The summed E-state index contributed by atoms with van der Waals surface area (Å²) in [5.74, 6) is 1.81. The van der Waals surface area contributed by atoms with Crippen molar-refractivity contribution in [2.75, 3.05) is 10.6 Å². The minimum atomic E-state index is -0.499. The number of rotatable bonds is 9. The van der Waals surface area contributed by atoms with E-state index in [1.165, 1.54) is 5.56 Å². The van der Waals surface area contributed by atoms with Crippen molar-refractivity contribution in [1.29, 1.82) is 0 Å². The smallest absolute Gasteiger partial charge is 0.255 e. The molecule has 4 aromatic carbocycles. The SMILES string of the molecule is CC1=C(C(=O)Nc2ccccc2)C(c2ccc(OCc3ccccc3Cl)cc2)n2nc(SCc3ccccc3)nc2N1. The van der Waals surface area contributed by atoms with E-state index in [1.807, 2.05) is 104 Å². The number of hydrogen-bond acceptors (Lipinski definition) is 6. The molecule has 42 heavy (non-hydrogen) atoms. The molecule has 1 aromatic heterocycles. The number of hydrogen-bond donors (Lipinski definition) is 2. The van der Waals surface area contributed by atoms with E-state index in [9.17, 15) is 4.79 Å². The number of benzene rings is 4. The number of nitrogens with zero attached hydrogens (tertiary/aromatic N) is 3. The van der Waals surface area contributed by atoms with Crippen molar-refractivity contribution in [2.45, 2.75) is 30.5 Å². The third-order valence-electron chi connectivity index (χ3n) is 6.87. The zero-order valence-corrected chi connectivity index (χ0v) is 24.4. The lowest BCUT2D eigenvalue weighted by Crippen LogP contribution is -2.31. The first kappa shape index (κ1) is 27.6. The fraction of sp³-hybridized carbons (Fsp3) is 0.121. The van der Waals surface area contributed by atoms with E-state index in [0.29, 0.717) is 45.4 Å². The minimum absolute atomic E-state index is 0.213. The highest BCUT2D eigenvalue weighted by molar-refractivity contribution is 7.98. The third-order valence-corrected chi connectivity index (χ3v) is 8.15. The van der Waals surface area contributed by atoms with Crippen LogP contribution in [0.3, 0.4) is 0 Å². The molecule has 0 saturated heterocycles. The van der Waals surface area contributed by atoms with E-state index >= 15 is 0 Å². The fourth-order valence-corrected chi connectivity index (χ4v) is 5.73. The van der Waals surface area contributed by atoms with E-state index in [0.717, 1.165) is 16.9 Å². The second-order valence-electron chi connectivity index (χ2n) is 9.77. The van der Waals surface area contributed by atoms with E-state index < -0.39 is 6.04 Å². The van der Waals surface area contributed by atoms with Crippen LogP contribution in [0.4, 0.5) is 11.6 Å². The number of amides is 1. The van der Waals surface area contributed by atoms with E-state index in [1.54, 1.807) is 16.4 Å². The number of anilines is 2. The van der Waals surface area contributed by atoms with Crippen molar-refractivity contribution in [1.82, 2.24) is 14.8 Å². The lowest BCUT2D eigenvalue weighted by Gasteiger charge is -2.28. The van der Waals surface area contributed by atoms with Gasteiger partial charge in [0.05, 0.1) is 5.57 Å². The summed E-state index contributed by atoms with van der Waals surface area (Å²) >= 11 is 7.85. The normalized spacial score (nSPS) is 14.2. The standard InChI is InChI=1S/C33H28ClN5O2S/c1-22-29(31(40)36-26-13-6-3-7-14-26)30(24-16-18-27(19-17-24)41-20-25-12-8-9-15-28(25)34)39-32(35-22)37-33(38-39)42-21-23-10-4-2-5-11-23/h2-19,30H,20-21H2,1H3,(H,36,40)(H,35,37,38). The van der Waals surface area contributed by atoms with Crippen LogP contribution in [0.1, 0.15) is 29.7 Å². The van der Waals surface area contributed by atoms with Gasteiger partial charge in [-0.2, -0.15) is 4.98 Å².